The van der Waals surface area contributed by atoms with Crippen LogP contribution in [0.3, 0.4) is 0 Å². The van der Waals surface area contributed by atoms with Crippen LogP contribution in [0, 0.1) is 6.92 Å². The lowest BCUT2D eigenvalue weighted by Gasteiger charge is -2.07. The van der Waals surface area contributed by atoms with E-state index in [0.29, 0.717) is 6.61 Å². The Hall–Kier alpha value is -2.06. The summed E-state index contributed by atoms with van der Waals surface area (Å²) in [7, 11) is 0. The average molecular weight is 267 g/mol. The average Bonchev–Trinajstić information content (AvgIpc) is 2.48. The molecule has 2 heteroatoms. The van der Waals surface area contributed by atoms with E-state index in [1.54, 1.807) is 6.08 Å². The van der Waals surface area contributed by atoms with E-state index < -0.39 is 0 Å². The zero-order valence-electron chi connectivity index (χ0n) is 11.9. The predicted octanol–water partition coefficient (Wildman–Crippen LogP) is 3.85. The highest BCUT2D eigenvalue weighted by atomic mass is 16.5. The van der Waals surface area contributed by atoms with E-state index in [-0.39, 0.29) is 0 Å². The summed E-state index contributed by atoms with van der Waals surface area (Å²) in [6.07, 6.45) is 1.75. The molecule has 2 nitrogen and oxygen atoms in total. The third-order valence-corrected chi connectivity index (χ3v) is 3.07. The molecule has 0 aliphatic rings. The molecule has 0 fully saturated rings. The standard InChI is InChI=1S/C18H21NO/c1-3-12-20-18-10-8-17(9-11-18)14-19-13-16-6-4-15(2)5-7-16/h3-11,19H,1,12-14H2,2H3. The fourth-order valence-electron chi connectivity index (χ4n) is 1.92. The Labute approximate surface area is 121 Å². The molecular formula is C18H21NO. The van der Waals surface area contributed by atoms with Crippen molar-refractivity contribution in [1.29, 1.82) is 0 Å². The van der Waals surface area contributed by atoms with Gasteiger partial charge in [-0.1, -0.05) is 54.6 Å². The molecule has 2 aromatic rings. The molecule has 1 N–H and O–H groups in total. The lowest BCUT2D eigenvalue weighted by Crippen LogP contribution is -2.12. The van der Waals surface area contributed by atoms with Gasteiger partial charge in [0.25, 0.3) is 0 Å². The number of hydrogen-bond acceptors (Lipinski definition) is 2. The van der Waals surface area contributed by atoms with E-state index >= 15 is 0 Å². The molecular weight excluding hydrogens is 246 g/mol. The van der Waals surface area contributed by atoms with Crippen molar-refractivity contribution in [3.05, 3.63) is 77.9 Å². The van der Waals surface area contributed by atoms with Gasteiger partial charge in [0, 0.05) is 13.1 Å². The van der Waals surface area contributed by atoms with Gasteiger partial charge < -0.3 is 10.1 Å². The Balaban J connectivity index is 1.79. The molecule has 0 atom stereocenters. The monoisotopic (exact) mass is 267 g/mol. The Morgan fingerprint density at radius 3 is 2.05 bits per heavy atom. The van der Waals surface area contributed by atoms with Crippen LogP contribution >= 0.6 is 0 Å². The van der Waals surface area contributed by atoms with Gasteiger partial charge in [0.15, 0.2) is 0 Å². The molecule has 0 heterocycles. The molecule has 2 rings (SSSR count). The fraction of sp³-hybridized carbons (Fsp3) is 0.222. The maximum atomic E-state index is 5.46. The van der Waals surface area contributed by atoms with Crippen LogP contribution in [-0.2, 0) is 13.1 Å². The van der Waals surface area contributed by atoms with Crippen molar-refractivity contribution >= 4 is 0 Å². The molecule has 2 aromatic carbocycles. The molecule has 20 heavy (non-hydrogen) atoms. The molecule has 0 aliphatic heterocycles. The second kappa shape index (κ2) is 7.51. The van der Waals surface area contributed by atoms with E-state index in [1.807, 2.05) is 12.1 Å². The zero-order valence-corrected chi connectivity index (χ0v) is 11.9. The van der Waals surface area contributed by atoms with Gasteiger partial charge in [0.1, 0.15) is 12.4 Å². The van der Waals surface area contributed by atoms with Crippen LogP contribution in [0.2, 0.25) is 0 Å². The Morgan fingerprint density at radius 1 is 0.950 bits per heavy atom. The predicted molar refractivity (Wildman–Crippen MR) is 83.9 cm³/mol. The minimum Gasteiger partial charge on any atom is -0.490 e. The minimum absolute atomic E-state index is 0.547. The molecule has 0 saturated heterocycles. The first-order chi connectivity index (χ1) is 9.78. The summed E-state index contributed by atoms with van der Waals surface area (Å²) in [6, 6.07) is 16.8. The minimum atomic E-state index is 0.547. The quantitative estimate of drug-likeness (QED) is 0.769. The summed E-state index contributed by atoms with van der Waals surface area (Å²) in [5.74, 6) is 0.882. The Morgan fingerprint density at radius 2 is 1.50 bits per heavy atom. The first-order valence-electron chi connectivity index (χ1n) is 6.87. The lowest BCUT2D eigenvalue weighted by atomic mass is 10.1. The molecule has 0 saturated carbocycles. The van der Waals surface area contributed by atoms with Crippen molar-refractivity contribution in [3.63, 3.8) is 0 Å². The summed E-state index contributed by atoms with van der Waals surface area (Å²) < 4.78 is 5.46. The highest BCUT2D eigenvalue weighted by molar-refractivity contribution is 5.27. The van der Waals surface area contributed by atoms with Gasteiger partial charge in [-0.25, -0.2) is 0 Å². The van der Waals surface area contributed by atoms with Crippen LogP contribution < -0.4 is 10.1 Å². The molecule has 0 unspecified atom stereocenters. The summed E-state index contributed by atoms with van der Waals surface area (Å²) >= 11 is 0. The van der Waals surface area contributed by atoms with Crippen LogP contribution in [-0.4, -0.2) is 6.61 Å². The molecule has 0 amide bonds. The van der Waals surface area contributed by atoms with Crippen molar-refractivity contribution in [3.8, 4) is 5.75 Å². The molecule has 0 radical (unpaired) electrons. The Bertz CT molecular complexity index is 528. The van der Waals surface area contributed by atoms with E-state index in [0.717, 1.165) is 18.8 Å². The normalized spacial score (nSPS) is 10.2. The number of benzene rings is 2. The van der Waals surface area contributed by atoms with Gasteiger partial charge in [0.05, 0.1) is 0 Å². The summed E-state index contributed by atoms with van der Waals surface area (Å²) in [5, 5.41) is 3.44. The van der Waals surface area contributed by atoms with E-state index in [4.69, 9.17) is 4.74 Å². The van der Waals surface area contributed by atoms with Gasteiger partial charge >= 0.3 is 0 Å². The second-order valence-electron chi connectivity index (χ2n) is 4.83. The molecule has 0 spiro atoms. The van der Waals surface area contributed by atoms with Gasteiger partial charge in [-0.05, 0) is 30.2 Å². The number of nitrogens with one attached hydrogen (secondary N) is 1. The summed E-state index contributed by atoms with van der Waals surface area (Å²) in [6.45, 7) is 8.02. The van der Waals surface area contributed by atoms with Crippen LogP contribution in [0.5, 0.6) is 5.75 Å². The van der Waals surface area contributed by atoms with Crippen molar-refractivity contribution in [1.82, 2.24) is 5.32 Å². The second-order valence-corrected chi connectivity index (χ2v) is 4.83. The molecule has 0 aromatic heterocycles. The fourth-order valence-corrected chi connectivity index (χ4v) is 1.92. The van der Waals surface area contributed by atoms with Gasteiger partial charge in [-0.3, -0.25) is 0 Å². The summed E-state index contributed by atoms with van der Waals surface area (Å²) in [5.41, 5.74) is 3.86. The number of hydrogen-bond donors (Lipinski definition) is 1. The van der Waals surface area contributed by atoms with Crippen LogP contribution in [0.4, 0.5) is 0 Å². The largest absolute Gasteiger partial charge is 0.490 e. The first kappa shape index (κ1) is 14.4. The van der Waals surface area contributed by atoms with E-state index in [9.17, 15) is 0 Å². The SMILES string of the molecule is C=CCOc1ccc(CNCc2ccc(C)cc2)cc1. The van der Waals surface area contributed by atoms with Crippen LogP contribution in [0.25, 0.3) is 0 Å². The van der Waals surface area contributed by atoms with E-state index in [2.05, 4.69) is 55.2 Å². The van der Waals surface area contributed by atoms with Crippen LogP contribution in [0.1, 0.15) is 16.7 Å². The smallest absolute Gasteiger partial charge is 0.119 e. The number of aryl methyl sites for hydroxylation is 1. The summed E-state index contributed by atoms with van der Waals surface area (Å²) in [4.78, 5) is 0. The highest BCUT2D eigenvalue weighted by Gasteiger charge is 1.96. The van der Waals surface area contributed by atoms with Crippen LogP contribution in [0.15, 0.2) is 61.2 Å². The van der Waals surface area contributed by atoms with Gasteiger partial charge in [-0.2, -0.15) is 0 Å². The lowest BCUT2D eigenvalue weighted by molar-refractivity contribution is 0.363. The first-order valence-corrected chi connectivity index (χ1v) is 6.87. The van der Waals surface area contributed by atoms with Gasteiger partial charge in [-0.15, -0.1) is 0 Å². The molecule has 0 aliphatic carbocycles. The Kier molecular flexibility index (Phi) is 5.39. The topological polar surface area (TPSA) is 21.3 Å². The van der Waals surface area contributed by atoms with E-state index in [1.165, 1.54) is 16.7 Å². The maximum Gasteiger partial charge on any atom is 0.119 e. The third kappa shape index (κ3) is 4.56. The van der Waals surface area contributed by atoms with Crippen molar-refractivity contribution in [2.75, 3.05) is 6.61 Å². The highest BCUT2D eigenvalue weighted by Crippen LogP contribution is 2.12. The third-order valence-electron chi connectivity index (χ3n) is 3.07. The number of ether oxygens (including phenoxy) is 1. The van der Waals surface area contributed by atoms with Gasteiger partial charge in [0.2, 0.25) is 0 Å². The van der Waals surface area contributed by atoms with Crippen molar-refractivity contribution in [2.24, 2.45) is 0 Å². The molecule has 104 valence electrons. The van der Waals surface area contributed by atoms with Crippen molar-refractivity contribution in [2.45, 2.75) is 20.0 Å². The van der Waals surface area contributed by atoms with Crippen molar-refractivity contribution < 1.29 is 4.74 Å². The molecule has 0 bridgehead atoms. The number of rotatable bonds is 7. The zero-order chi connectivity index (χ0) is 14.2. The maximum absolute atomic E-state index is 5.46.